The fraction of sp³-hybridized carbons (Fsp3) is 0.0769. The highest BCUT2D eigenvalue weighted by Gasteiger charge is 2.20. The Morgan fingerprint density at radius 1 is 0.735 bits per heavy atom. The van der Waals surface area contributed by atoms with Gasteiger partial charge in [0.15, 0.2) is 11.4 Å². The summed E-state index contributed by atoms with van der Waals surface area (Å²) in [5.74, 6) is -0.190. The van der Waals surface area contributed by atoms with Gasteiger partial charge in [0.05, 0.1) is 0 Å². The molecule has 170 valence electrons. The van der Waals surface area contributed by atoms with Crippen LogP contribution in [0.1, 0.15) is 32.1 Å². The van der Waals surface area contributed by atoms with E-state index in [4.69, 9.17) is 4.74 Å². The summed E-state index contributed by atoms with van der Waals surface area (Å²) in [6.45, 7) is 0.315. The summed E-state index contributed by atoms with van der Waals surface area (Å²) in [5.41, 5.74) is 1.27. The van der Waals surface area contributed by atoms with Gasteiger partial charge in [-0.2, -0.15) is 0 Å². The van der Waals surface area contributed by atoms with Crippen LogP contribution in [0, 0.1) is 5.82 Å². The Kier molecular flexibility index (Phi) is 7.19. The number of hydrogen-bond acceptors (Lipinski definition) is 5. The molecule has 1 aromatic heterocycles. The number of nitrogens with one attached hydrogen (secondary N) is 2. The van der Waals surface area contributed by atoms with Crippen LogP contribution in [0.2, 0.25) is 0 Å². The van der Waals surface area contributed by atoms with E-state index in [1.807, 2.05) is 54.6 Å². The van der Waals surface area contributed by atoms with E-state index in [0.29, 0.717) is 17.1 Å². The number of carbonyl (C=O) groups excluding carboxylic acids is 2. The van der Waals surface area contributed by atoms with Crippen LogP contribution in [-0.4, -0.2) is 21.8 Å². The number of rotatable bonds is 8. The summed E-state index contributed by atoms with van der Waals surface area (Å²) in [6, 6.07) is 22.4. The van der Waals surface area contributed by atoms with Gasteiger partial charge in [-0.05, 0) is 35.9 Å². The van der Waals surface area contributed by atoms with Crippen LogP contribution in [0.4, 0.5) is 4.39 Å². The summed E-state index contributed by atoms with van der Waals surface area (Å²) >= 11 is 0. The standard InChI is InChI=1S/C26H21FN4O3/c27-20-12-10-18(11-13-20)16-30-25(32)23-24(29-15-14-28-23)26(33)31-17-19-6-4-5-9-22(19)34-21-7-2-1-3-8-21/h1-15H,16-17H2,(H,30,32)(H,31,33). The van der Waals surface area contributed by atoms with Crippen LogP contribution in [-0.2, 0) is 13.1 Å². The molecule has 4 aromatic rings. The highest BCUT2D eigenvalue weighted by atomic mass is 19.1. The molecule has 4 rings (SSSR count). The molecule has 0 unspecified atom stereocenters. The number of nitrogens with zero attached hydrogens (tertiary/aromatic N) is 2. The maximum Gasteiger partial charge on any atom is 0.272 e. The number of carbonyl (C=O) groups is 2. The zero-order valence-corrected chi connectivity index (χ0v) is 18.1. The summed E-state index contributed by atoms with van der Waals surface area (Å²) in [6.07, 6.45) is 2.69. The summed E-state index contributed by atoms with van der Waals surface area (Å²) in [5, 5.41) is 5.45. The molecule has 2 N–H and O–H groups in total. The highest BCUT2D eigenvalue weighted by molar-refractivity contribution is 6.04. The van der Waals surface area contributed by atoms with Crippen LogP contribution in [0.15, 0.2) is 91.3 Å². The van der Waals surface area contributed by atoms with E-state index in [2.05, 4.69) is 20.6 Å². The minimum absolute atomic E-state index is 0.0967. The van der Waals surface area contributed by atoms with Crippen LogP contribution in [0.5, 0.6) is 11.5 Å². The Bertz CT molecular complexity index is 1280. The maximum atomic E-state index is 13.1. The van der Waals surface area contributed by atoms with E-state index < -0.39 is 11.8 Å². The third-order valence-corrected chi connectivity index (χ3v) is 4.88. The monoisotopic (exact) mass is 456 g/mol. The number of amides is 2. The van der Waals surface area contributed by atoms with E-state index in [-0.39, 0.29) is 30.3 Å². The van der Waals surface area contributed by atoms with Gasteiger partial charge in [-0.3, -0.25) is 9.59 Å². The molecule has 3 aromatic carbocycles. The fourth-order valence-electron chi connectivity index (χ4n) is 3.16. The fourth-order valence-corrected chi connectivity index (χ4v) is 3.16. The van der Waals surface area contributed by atoms with Gasteiger partial charge < -0.3 is 15.4 Å². The zero-order chi connectivity index (χ0) is 23.8. The molecule has 34 heavy (non-hydrogen) atoms. The SMILES string of the molecule is O=C(NCc1ccc(F)cc1)c1nccnc1C(=O)NCc1ccccc1Oc1ccccc1. The normalized spacial score (nSPS) is 10.4. The average molecular weight is 456 g/mol. The lowest BCUT2D eigenvalue weighted by Crippen LogP contribution is -2.31. The summed E-state index contributed by atoms with van der Waals surface area (Å²) in [4.78, 5) is 33.6. The first kappa shape index (κ1) is 22.6. The van der Waals surface area contributed by atoms with Crippen LogP contribution in [0.3, 0.4) is 0 Å². The number of benzene rings is 3. The second-order valence-corrected chi connectivity index (χ2v) is 7.27. The Balaban J connectivity index is 1.42. The lowest BCUT2D eigenvalue weighted by molar-refractivity contribution is 0.0908. The molecule has 0 saturated heterocycles. The number of hydrogen-bond donors (Lipinski definition) is 2. The largest absolute Gasteiger partial charge is 0.457 e. The third-order valence-electron chi connectivity index (χ3n) is 4.88. The summed E-state index contributed by atoms with van der Waals surface area (Å²) < 4.78 is 19.0. The predicted octanol–water partition coefficient (Wildman–Crippen LogP) is 4.27. The molecule has 2 amide bonds. The van der Waals surface area contributed by atoms with Crippen molar-refractivity contribution in [2.75, 3.05) is 0 Å². The maximum absolute atomic E-state index is 13.1. The topological polar surface area (TPSA) is 93.2 Å². The van der Waals surface area contributed by atoms with E-state index in [0.717, 1.165) is 5.56 Å². The molecule has 1 heterocycles. The number of ether oxygens (including phenoxy) is 1. The Labute approximate surface area is 195 Å². The molecule has 0 aliphatic carbocycles. The van der Waals surface area contributed by atoms with Gasteiger partial charge in [0, 0.05) is 31.0 Å². The van der Waals surface area contributed by atoms with Gasteiger partial charge in [-0.1, -0.05) is 48.5 Å². The molecule has 7 nitrogen and oxygen atoms in total. The Hall–Kier alpha value is -4.59. The number of halogens is 1. The first-order chi connectivity index (χ1) is 16.6. The molecular formula is C26H21FN4O3. The first-order valence-electron chi connectivity index (χ1n) is 10.5. The minimum atomic E-state index is -0.560. The van der Waals surface area contributed by atoms with Crippen molar-refractivity contribution < 1.29 is 18.7 Å². The number of para-hydroxylation sites is 2. The van der Waals surface area contributed by atoms with Gasteiger partial charge in [0.1, 0.15) is 17.3 Å². The van der Waals surface area contributed by atoms with Crippen molar-refractivity contribution in [3.63, 3.8) is 0 Å². The van der Waals surface area contributed by atoms with E-state index >= 15 is 0 Å². The third kappa shape index (κ3) is 5.80. The molecule has 0 bridgehead atoms. The quantitative estimate of drug-likeness (QED) is 0.413. The Morgan fingerprint density at radius 3 is 2.00 bits per heavy atom. The first-order valence-corrected chi connectivity index (χ1v) is 10.5. The smallest absolute Gasteiger partial charge is 0.272 e. The van der Waals surface area contributed by atoms with Crippen molar-refractivity contribution in [3.05, 3.63) is 120 Å². The van der Waals surface area contributed by atoms with Crippen molar-refractivity contribution in [2.24, 2.45) is 0 Å². The predicted molar refractivity (Wildman–Crippen MR) is 124 cm³/mol. The summed E-state index contributed by atoms with van der Waals surface area (Å²) in [7, 11) is 0. The highest BCUT2D eigenvalue weighted by Crippen LogP contribution is 2.25. The molecule has 0 aliphatic rings. The van der Waals surface area contributed by atoms with Crippen molar-refractivity contribution in [2.45, 2.75) is 13.1 Å². The second kappa shape index (κ2) is 10.8. The van der Waals surface area contributed by atoms with Crippen LogP contribution >= 0.6 is 0 Å². The molecule has 0 saturated carbocycles. The molecular weight excluding hydrogens is 435 g/mol. The molecule has 0 atom stereocenters. The lowest BCUT2D eigenvalue weighted by atomic mass is 10.2. The van der Waals surface area contributed by atoms with E-state index in [1.165, 1.54) is 24.5 Å². The average Bonchev–Trinajstić information content (AvgIpc) is 2.88. The second-order valence-electron chi connectivity index (χ2n) is 7.27. The van der Waals surface area contributed by atoms with Gasteiger partial charge in [-0.25, -0.2) is 14.4 Å². The van der Waals surface area contributed by atoms with Gasteiger partial charge in [-0.15, -0.1) is 0 Å². The lowest BCUT2D eigenvalue weighted by Gasteiger charge is -2.12. The number of aromatic nitrogens is 2. The van der Waals surface area contributed by atoms with Crippen molar-refractivity contribution in [1.82, 2.24) is 20.6 Å². The van der Waals surface area contributed by atoms with Crippen molar-refractivity contribution in [1.29, 1.82) is 0 Å². The Morgan fingerprint density at radius 2 is 1.32 bits per heavy atom. The zero-order valence-electron chi connectivity index (χ0n) is 18.1. The molecule has 0 spiro atoms. The molecule has 0 aliphatic heterocycles. The van der Waals surface area contributed by atoms with Gasteiger partial charge >= 0.3 is 0 Å². The van der Waals surface area contributed by atoms with Crippen molar-refractivity contribution >= 4 is 11.8 Å². The van der Waals surface area contributed by atoms with Gasteiger partial charge in [0.25, 0.3) is 11.8 Å². The molecule has 0 radical (unpaired) electrons. The molecule has 8 heteroatoms. The van der Waals surface area contributed by atoms with E-state index in [1.54, 1.807) is 12.1 Å². The van der Waals surface area contributed by atoms with E-state index in [9.17, 15) is 14.0 Å². The van der Waals surface area contributed by atoms with Gasteiger partial charge in [0.2, 0.25) is 0 Å². The van der Waals surface area contributed by atoms with Crippen LogP contribution < -0.4 is 15.4 Å². The minimum Gasteiger partial charge on any atom is -0.457 e. The molecule has 0 fully saturated rings. The van der Waals surface area contributed by atoms with Crippen molar-refractivity contribution in [3.8, 4) is 11.5 Å². The van der Waals surface area contributed by atoms with Crippen LogP contribution in [0.25, 0.3) is 0 Å².